The smallest absolute Gasteiger partial charge is 0.331 e. The Hall–Kier alpha value is -0.510. The molecule has 0 atom stereocenters. The van der Waals surface area contributed by atoms with Gasteiger partial charge in [-0.3, -0.25) is 0 Å². The third kappa shape index (κ3) is 0.514. The highest BCUT2D eigenvalue weighted by Gasteiger charge is 2.09. The van der Waals surface area contributed by atoms with Gasteiger partial charge in [-0.05, 0) is 0 Å². The lowest BCUT2D eigenvalue weighted by Crippen LogP contribution is -1.85. The second kappa shape index (κ2) is 1.30. The van der Waals surface area contributed by atoms with Gasteiger partial charge in [-0.2, -0.15) is 0 Å². The van der Waals surface area contributed by atoms with Crippen LogP contribution in [0, 0.1) is 0 Å². The zero-order valence-corrected chi connectivity index (χ0v) is 3.77. The predicted octanol–water partition coefficient (Wildman–Crippen LogP) is 0.194. The molecule has 4 heteroatoms. The molecule has 0 unspecified atom stereocenters. The summed E-state index contributed by atoms with van der Waals surface area (Å²) in [4.78, 5) is 0. The summed E-state index contributed by atoms with van der Waals surface area (Å²) in [7, 11) is 0. The highest BCUT2D eigenvalue weighted by Crippen LogP contribution is 2.08. The molecule has 1 aliphatic rings. The van der Waals surface area contributed by atoms with Gasteiger partial charge in [0, 0.05) is 0 Å². The van der Waals surface area contributed by atoms with E-state index in [-0.39, 0.29) is 0 Å². The summed E-state index contributed by atoms with van der Waals surface area (Å²) >= 11 is 1.19. The lowest BCUT2D eigenvalue weighted by molar-refractivity contribution is 1.26. The summed E-state index contributed by atoms with van der Waals surface area (Å²) in [6, 6.07) is 0. The Morgan fingerprint density at radius 3 is 3.00 bits per heavy atom. The molecular weight excluding hydrogens is 98.1 g/mol. The summed E-state index contributed by atoms with van der Waals surface area (Å²) in [5, 5.41) is 4.13. The van der Waals surface area contributed by atoms with Crippen LogP contribution in [0.2, 0.25) is 0 Å². The van der Waals surface area contributed by atoms with Crippen molar-refractivity contribution in [3.63, 3.8) is 0 Å². The van der Waals surface area contributed by atoms with Crippen molar-refractivity contribution in [1.29, 1.82) is 0 Å². The lowest BCUT2D eigenvalue weighted by Gasteiger charge is -1.63. The molecule has 1 aliphatic heterocycles. The summed E-state index contributed by atoms with van der Waals surface area (Å²) in [6.45, 7) is 0. The van der Waals surface area contributed by atoms with Crippen LogP contribution < -0.4 is 10.3 Å². The van der Waals surface area contributed by atoms with Crippen LogP contribution in [0.3, 0.4) is 0 Å². The minimum atomic E-state index is 0.662. The van der Waals surface area contributed by atoms with Gasteiger partial charge in [0.05, 0.1) is 5.11 Å². The Bertz CT molecular complexity index is 105. The van der Waals surface area contributed by atoms with E-state index in [4.69, 9.17) is 5.73 Å². The van der Waals surface area contributed by atoms with E-state index in [2.05, 4.69) is 9.63 Å². The minimum absolute atomic E-state index is 0.662. The van der Waals surface area contributed by atoms with Crippen molar-refractivity contribution in [3.05, 3.63) is 11.2 Å². The van der Waals surface area contributed by atoms with E-state index in [1.165, 1.54) is 18.1 Å². The van der Waals surface area contributed by atoms with Gasteiger partial charge in [0.15, 0.2) is 5.03 Å². The molecule has 1 heterocycles. The highest BCUT2D eigenvalue weighted by atomic mass is 32.2. The Morgan fingerprint density at radius 2 is 2.83 bits per heavy atom. The fourth-order valence-corrected chi connectivity index (χ4v) is 0.458. The minimum Gasteiger partial charge on any atom is -0.387 e. The van der Waals surface area contributed by atoms with Gasteiger partial charge >= 0.3 is 11.9 Å². The van der Waals surface area contributed by atoms with E-state index in [0.717, 1.165) is 0 Å². The van der Waals surface area contributed by atoms with Crippen LogP contribution in [0.4, 0.5) is 0 Å². The molecule has 0 aromatic rings. The van der Waals surface area contributed by atoms with E-state index < -0.39 is 0 Å². The Balaban J connectivity index is 2.61. The maximum atomic E-state index is 5.17. The first-order valence-corrected chi connectivity index (χ1v) is 2.20. The SMILES string of the molecule is NC1=CN=[N+]S1. The van der Waals surface area contributed by atoms with Gasteiger partial charge in [-0.15, -0.1) is 0 Å². The van der Waals surface area contributed by atoms with E-state index in [9.17, 15) is 0 Å². The molecule has 0 fully saturated rings. The standard InChI is InChI=1S/C2H3N3S/c3-2-1-4-5-6-2/h1H,3H2/q+1. The van der Waals surface area contributed by atoms with Crippen molar-refractivity contribution in [2.75, 3.05) is 0 Å². The zero-order valence-electron chi connectivity index (χ0n) is 2.96. The number of hydrogen-bond acceptors (Lipinski definition) is 4. The average molecular weight is 101 g/mol. The lowest BCUT2D eigenvalue weighted by atomic mass is 10.9. The molecule has 1 radical (unpaired) electrons. The van der Waals surface area contributed by atoms with E-state index in [0.29, 0.717) is 5.03 Å². The monoisotopic (exact) mass is 101 g/mol. The maximum Gasteiger partial charge on any atom is 0.331 e. The van der Waals surface area contributed by atoms with Crippen LogP contribution >= 0.6 is 11.9 Å². The van der Waals surface area contributed by atoms with Crippen molar-refractivity contribution >= 4 is 11.9 Å². The van der Waals surface area contributed by atoms with Gasteiger partial charge in [0.1, 0.15) is 6.20 Å². The Labute approximate surface area is 39.5 Å². The van der Waals surface area contributed by atoms with Crippen molar-refractivity contribution in [2.45, 2.75) is 0 Å². The highest BCUT2D eigenvalue weighted by molar-refractivity contribution is 8.00. The van der Waals surface area contributed by atoms with Crippen LogP contribution in [-0.2, 0) is 0 Å². The van der Waals surface area contributed by atoms with Crippen LogP contribution in [0.25, 0.3) is 0 Å². The third-order valence-electron chi connectivity index (χ3n) is 0.378. The number of nitrogens with zero attached hydrogens (tertiary/aromatic N) is 2. The molecule has 3 nitrogen and oxygen atoms in total. The molecule has 1 rings (SSSR count). The molecule has 0 aromatic heterocycles. The molecule has 0 amide bonds. The Morgan fingerprint density at radius 1 is 2.00 bits per heavy atom. The molecule has 0 aromatic carbocycles. The number of nitrogens with two attached hydrogens (primary N) is 1. The van der Waals surface area contributed by atoms with Crippen molar-refractivity contribution < 1.29 is 0 Å². The topological polar surface area (TPSA) is 52.5 Å². The summed E-state index contributed by atoms with van der Waals surface area (Å²) in [5.74, 6) is 0. The van der Waals surface area contributed by atoms with Gasteiger partial charge in [-0.1, -0.05) is 0 Å². The molecule has 0 aliphatic carbocycles. The van der Waals surface area contributed by atoms with E-state index in [1.54, 1.807) is 0 Å². The van der Waals surface area contributed by atoms with Gasteiger partial charge in [-0.25, -0.2) is 0 Å². The molecular formula is C2H3N3S+. The van der Waals surface area contributed by atoms with Crippen LogP contribution in [0.5, 0.6) is 0 Å². The third-order valence-corrected chi connectivity index (χ3v) is 0.871. The van der Waals surface area contributed by atoms with E-state index >= 15 is 0 Å². The molecule has 2 N–H and O–H groups in total. The first-order valence-electron chi connectivity index (χ1n) is 1.42. The maximum absolute atomic E-state index is 5.17. The Kier molecular flexibility index (Phi) is 0.795. The van der Waals surface area contributed by atoms with E-state index in [1.807, 2.05) is 0 Å². The zero-order chi connectivity index (χ0) is 4.41. The molecule has 0 saturated heterocycles. The summed E-state index contributed by atoms with van der Waals surface area (Å²) < 4.78 is 3.49. The van der Waals surface area contributed by atoms with Gasteiger partial charge in [0.25, 0.3) is 4.52 Å². The van der Waals surface area contributed by atoms with Gasteiger partial charge < -0.3 is 5.73 Å². The molecule has 0 bridgehead atoms. The normalized spacial score (nSPS) is 18.3. The predicted molar refractivity (Wildman–Crippen MR) is 24.4 cm³/mol. The largest absolute Gasteiger partial charge is 0.387 e. The summed E-state index contributed by atoms with van der Waals surface area (Å²) in [6.07, 6.45) is 1.52. The summed E-state index contributed by atoms with van der Waals surface area (Å²) in [5.41, 5.74) is 5.17. The number of hydrogen-bond donors (Lipinski definition) is 1. The fourth-order valence-electron chi connectivity index (χ4n) is 0.175. The molecule has 31 valence electrons. The quantitative estimate of drug-likeness (QED) is 0.443. The fraction of sp³-hybridized carbons (Fsp3) is 0. The van der Waals surface area contributed by atoms with Crippen molar-refractivity contribution in [2.24, 2.45) is 10.8 Å². The van der Waals surface area contributed by atoms with Crippen molar-refractivity contribution in [3.8, 4) is 0 Å². The van der Waals surface area contributed by atoms with Crippen LogP contribution in [-0.4, -0.2) is 0 Å². The first-order chi connectivity index (χ1) is 2.89. The second-order valence-electron chi connectivity index (χ2n) is 0.820. The average Bonchev–Trinajstić information content (AvgIpc) is 1.86. The molecule has 0 spiro atoms. The van der Waals surface area contributed by atoms with Crippen molar-refractivity contribution in [1.82, 2.24) is 4.52 Å². The second-order valence-corrected chi connectivity index (χ2v) is 1.64. The van der Waals surface area contributed by atoms with Gasteiger partial charge in [0.2, 0.25) is 0 Å². The van der Waals surface area contributed by atoms with Crippen LogP contribution in [0.15, 0.2) is 16.3 Å². The van der Waals surface area contributed by atoms with Crippen LogP contribution in [0.1, 0.15) is 0 Å². The molecule has 6 heavy (non-hydrogen) atoms. The first kappa shape index (κ1) is 3.67. The number of rotatable bonds is 0. The molecule has 0 saturated carbocycles.